The van der Waals surface area contributed by atoms with Crippen molar-refractivity contribution in [2.24, 2.45) is 5.41 Å². The molecule has 2 aliphatic rings. The third-order valence-corrected chi connectivity index (χ3v) is 6.09. The fourth-order valence-electron chi connectivity index (χ4n) is 3.92. The van der Waals surface area contributed by atoms with Gasteiger partial charge < -0.3 is 9.80 Å². The van der Waals surface area contributed by atoms with Crippen molar-refractivity contribution >= 4 is 23.2 Å². The standard InChI is InChI=1S/C19H21N3O2S/c23-17-11-19(14-22(17)12-15-1-6-20-7-2-15)4-8-21(9-5-19)18(24)16-3-10-25-13-16/h1-3,6-7,10,13H,4-5,8-9,11-12,14H2. The lowest BCUT2D eigenvalue weighted by Gasteiger charge is -2.38. The van der Waals surface area contributed by atoms with Gasteiger partial charge in [-0.15, -0.1) is 0 Å². The fraction of sp³-hybridized carbons (Fsp3) is 0.421. The van der Waals surface area contributed by atoms with E-state index in [1.165, 1.54) is 0 Å². The predicted octanol–water partition coefficient (Wildman–Crippen LogP) is 2.80. The van der Waals surface area contributed by atoms with Crippen LogP contribution in [-0.2, 0) is 11.3 Å². The molecule has 2 amide bonds. The first-order chi connectivity index (χ1) is 12.2. The molecular formula is C19H21N3O2S. The Bertz CT molecular complexity index is 752. The largest absolute Gasteiger partial charge is 0.339 e. The molecule has 0 N–H and O–H groups in total. The highest BCUT2D eigenvalue weighted by atomic mass is 32.1. The zero-order valence-corrected chi connectivity index (χ0v) is 14.9. The molecule has 1 spiro atoms. The lowest BCUT2D eigenvalue weighted by molar-refractivity contribution is -0.128. The number of thiophene rings is 1. The van der Waals surface area contributed by atoms with E-state index < -0.39 is 0 Å². The normalized spacial score (nSPS) is 19.6. The summed E-state index contributed by atoms with van der Waals surface area (Å²) in [6, 6.07) is 5.80. The molecule has 5 nitrogen and oxygen atoms in total. The number of nitrogens with zero attached hydrogens (tertiary/aromatic N) is 3. The molecule has 2 aliphatic heterocycles. The van der Waals surface area contributed by atoms with E-state index in [1.807, 2.05) is 38.8 Å². The van der Waals surface area contributed by atoms with Crippen LogP contribution in [0, 0.1) is 5.41 Å². The van der Waals surface area contributed by atoms with E-state index in [4.69, 9.17) is 0 Å². The number of aromatic nitrogens is 1. The Kier molecular flexibility index (Phi) is 4.29. The van der Waals surface area contributed by atoms with Crippen molar-refractivity contribution < 1.29 is 9.59 Å². The highest BCUT2D eigenvalue weighted by Crippen LogP contribution is 2.41. The summed E-state index contributed by atoms with van der Waals surface area (Å²) >= 11 is 1.55. The molecular weight excluding hydrogens is 334 g/mol. The van der Waals surface area contributed by atoms with Crippen molar-refractivity contribution in [3.8, 4) is 0 Å². The Morgan fingerprint density at radius 1 is 1.20 bits per heavy atom. The summed E-state index contributed by atoms with van der Waals surface area (Å²) in [5, 5.41) is 3.84. The van der Waals surface area contributed by atoms with Crippen LogP contribution in [0.3, 0.4) is 0 Å². The molecule has 0 unspecified atom stereocenters. The van der Waals surface area contributed by atoms with Gasteiger partial charge in [0.15, 0.2) is 0 Å². The first kappa shape index (κ1) is 16.3. The highest BCUT2D eigenvalue weighted by molar-refractivity contribution is 7.08. The minimum atomic E-state index is 0.0372. The van der Waals surface area contributed by atoms with Gasteiger partial charge in [-0.1, -0.05) is 0 Å². The molecule has 0 saturated carbocycles. The molecule has 2 aromatic rings. The third-order valence-electron chi connectivity index (χ3n) is 5.41. The van der Waals surface area contributed by atoms with Crippen molar-refractivity contribution in [2.75, 3.05) is 19.6 Å². The second kappa shape index (κ2) is 6.59. The fourth-order valence-corrected chi connectivity index (χ4v) is 4.55. The van der Waals surface area contributed by atoms with E-state index in [0.29, 0.717) is 13.0 Å². The number of amides is 2. The average Bonchev–Trinajstić information content (AvgIpc) is 3.25. The van der Waals surface area contributed by atoms with Gasteiger partial charge in [-0.3, -0.25) is 14.6 Å². The van der Waals surface area contributed by atoms with Crippen LogP contribution in [0.2, 0.25) is 0 Å². The predicted molar refractivity (Wildman–Crippen MR) is 96.2 cm³/mol. The van der Waals surface area contributed by atoms with E-state index in [0.717, 1.165) is 43.6 Å². The summed E-state index contributed by atoms with van der Waals surface area (Å²) in [4.78, 5) is 32.9. The molecule has 0 aromatic carbocycles. The Balaban J connectivity index is 1.38. The van der Waals surface area contributed by atoms with Gasteiger partial charge in [0.25, 0.3) is 5.91 Å². The number of pyridine rings is 1. The highest BCUT2D eigenvalue weighted by Gasteiger charge is 2.45. The molecule has 6 heteroatoms. The van der Waals surface area contributed by atoms with Crippen LogP contribution in [0.25, 0.3) is 0 Å². The van der Waals surface area contributed by atoms with E-state index in [2.05, 4.69) is 4.98 Å². The van der Waals surface area contributed by atoms with Crippen LogP contribution in [0.15, 0.2) is 41.4 Å². The van der Waals surface area contributed by atoms with Gasteiger partial charge in [-0.2, -0.15) is 11.3 Å². The Hall–Kier alpha value is -2.21. The van der Waals surface area contributed by atoms with Crippen molar-refractivity contribution in [3.63, 3.8) is 0 Å². The van der Waals surface area contributed by atoms with Gasteiger partial charge in [-0.05, 0) is 42.0 Å². The minimum Gasteiger partial charge on any atom is -0.339 e. The summed E-state index contributed by atoms with van der Waals surface area (Å²) in [6.45, 7) is 2.94. The van der Waals surface area contributed by atoms with Crippen molar-refractivity contribution in [1.82, 2.24) is 14.8 Å². The molecule has 0 atom stereocenters. The van der Waals surface area contributed by atoms with Gasteiger partial charge in [-0.25, -0.2) is 0 Å². The number of piperidine rings is 1. The Labute approximate surface area is 151 Å². The van der Waals surface area contributed by atoms with Crippen LogP contribution < -0.4 is 0 Å². The number of carbonyl (C=O) groups is 2. The number of hydrogen-bond acceptors (Lipinski definition) is 4. The van der Waals surface area contributed by atoms with Crippen LogP contribution in [-0.4, -0.2) is 46.2 Å². The van der Waals surface area contributed by atoms with Crippen LogP contribution >= 0.6 is 11.3 Å². The topological polar surface area (TPSA) is 53.5 Å². The van der Waals surface area contributed by atoms with Crippen LogP contribution in [0.5, 0.6) is 0 Å². The molecule has 130 valence electrons. The summed E-state index contributed by atoms with van der Waals surface area (Å²) in [5.41, 5.74) is 1.93. The zero-order valence-electron chi connectivity index (χ0n) is 14.1. The second-order valence-electron chi connectivity index (χ2n) is 7.09. The number of likely N-dealkylation sites (tertiary alicyclic amines) is 2. The number of carbonyl (C=O) groups excluding carboxylic acids is 2. The van der Waals surface area contributed by atoms with Gasteiger partial charge in [0.05, 0.1) is 5.56 Å². The molecule has 0 radical (unpaired) electrons. The smallest absolute Gasteiger partial charge is 0.254 e. The SMILES string of the molecule is O=C1CC2(CCN(C(=O)c3ccsc3)CC2)CN1Cc1ccncc1. The Morgan fingerprint density at radius 3 is 2.64 bits per heavy atom. The number of rotatable bonds is 3. The molecule has 4 rings (SSSR count). The van der Waals surface area contributed by atoms with Gasteiger partial charge >= 0.3 is 0 Å². The lowest BCUT2D eigenvalue weighted by atomic mass is 9.77. The quantitative estimate of drug-likeness (QED) is 0.851. The van der Waals surface area contributed by atoms with E-state index in [1.54, 1.807) is 23.7 Å². The first-order valence-corrected chi connectivity index (χ1v) is 9.58. The summed E-state index contributed by atoms with van der Waals surface area (Å²) in [6.07, 6.45) is 5.95. The summed E-state index contributed by atoms with van der Waals surface area (Å²) < 4.78 is 0. The molecule has 2 saturated heterocycles. The minimum absolute atomic E-state index is 0.0372. The summed E-state index contributed by atoms with van der Waals surface area (Å²) in [5.74, 6) is 0.350. The molecule has 0 bridgehead atoms. The van der Waals surface area contributed by atoms with Gasteiger partial charge in [0.1, 0.15) is 0 Å². The Morgan fingerprint density at radius 2 is 1.96 bits per heavy atom. The van der Waals surface area contributed by atoms with E-state index >= 15 is 0 Å². The average molecular weight is 355 g/mol. The third kappa shape index (κ3) is 3.31. The lowest BCUT2D eigenvalue weighted by Crippen LogP contribution is -2.44. The second-order valence-corrected chi connectivity index (χ2v) is 7.87. The maximum atomic E-state index is 12.5. The van der Waals surface area contributed by atoms with Crippen LogP contribution in [0.1, 0.15) is 35.2 Å². The summed E-state index contributed by atoms with van der Waals surface area (Å²) in [7, 11) is 0. The molecule has 4 heterocycles. The van der Waals surface area contributed by atoms with Crippen molar-refractivity contribution in [3.05, 3.63) is 52.5 Å². The molecule has 25 heavy (non-hydrogen) atoms. The zero-order chi connectivity index (χ0) is 17.3. The van der Waals surface area contributed by atoms with Crippen molar-refractivity contribution in [2.45, 2.75) is 25.8 Å². The van der Waals surface area contributed by atoms with E-state index in [-0.39, 0.29) is 17.2 Å². The van der Waals surface area contributed by atoms with Crippen molar-refractivity contribution in [1.29, 1.82) is 0 Å². The van der Waals surface area contributed by atoms with Crippen LogP contribution in [0.4, 0.5) is 0 Å². The van der Waals surface area contributed by atoms with Gasteiger partial charge in [0, 0.05) is 55.8 Å². The van der Waals surface area contributed by atoms with E-state index in [9.17, 15) is 9.59 Å². The molecule has 2 fully saturated rings. The monoisotopic (exact) mass is 355 g/mol. The molecule has 0 aliphatic carbocycles. The maximum absolute atomic E-state index is 12.5. The maximum Gasteiger partial charge on any atom is 0.254 e. The van der Waals surface area contributed by atoms with Gasteiger partial charge in [0.2, 0.25) is 5.91 Å². The number of hydrogen-bond donors (Lipinski definition) is 0. The first-order valence-electron chi connectivity index (χ1n) is 8.63. The molecule has 2 aromatic heterocycles.